The van der Waals surface area contributed by atoms with E-state index in [9.17, 15) is 4.79 Å². The average Bonchev–Trinajstić information content (AvgIpc) is 2.97. The summed E-state index contributed by atoms with van der Waals surface area (Å²) in [4.78, 5) is 12.2. The minimum Gasteiger partial charge on any atom is -0.321 e. The van der Waals surface area contributed by atoms with Gasteiger partial charge in [0.25, 0.3) is 5.91 Å². The monoisotopic (exact) mass is 292 g/mol. The SMILES string of the molecule is Cc1cccc(NC(=O)c2cn(Cc3ccccc3)nn2)c1. The molecule has 1 heterocycles. The maximum Gasteiger partial charge on any atom is 0.277 e. The van der Waals surface area contributed by atoms with Crippen molar-refractivity contribution < 1.29 is 4.79 Å². The van der Waals surface area contributed by atoms with Crippen LogP contribution in [0.4, 0.5) is 5.69 Å². The summed E-state index contributed by atoms with van der Waals surface area (Å²) in [5.41, 5.74) is 3.25. The number of hydrogen-bond acceptors (Lipinski definition) is 3. The predicted molar refractivity (Wildman–Crippen MR) is 84.7 cm³/mol. The second kappa shape index (κ2) is 6.22. The molecule has 0 atom stereocenters. The molecule has 0 spiro atoms. The van der Waals surface area contributed by atoms with Gasteiger partial charge in [-0.3, -0.25) is 4.79 Å². The zero-order valence-electron chi connectivity index (χ0n) is 12.2. The quantitative estimate of drug-likeness (QED) is 0.804. The van der Waals surface area contributed by atoms with Gasteiger partial charge in [0.05, 0.1) is 12.7 Å². The highest BCUT2D eigenvalue weighted by Crippen LogP contribution is 2.11. The smallest absolute Gasteiger partial charge is 0.277 e. The maximum absolute atomic E-state index is 12.2. The molecule has 2 aromatic carbocycles. The van der Waals surface area contributed by atoms with Crippen molar-refractivity contribution in [3.05, 3.63) is 77.6 Å². The van der Waals surface area contributed by atoms with Crippen LogP contribution in [-0.4, -0.2) is 20.9 Å². The lowest BCUT2D eigenvalue weighted by molar-refractivity contribution is 0.102. The molecule has 0 fully saturated rings. The molecule has 1 N–H and O–H groups in total. The Kier molecular flexibility index (Phi) is 3.96. The summed E-state index contributed by atoms with van der Waals surface area (Å²) in [7, 11) is 0. The molecule has 5 nitrogen and oxygen atoms in total. The van der Waals surface area contributed by atoms with Crippen LogP contribution in [0.2, 0.25) is 0 Å². The summed E-state index contributed by atoms with van der Waals surface area (Å²) in [5.74, 6) is -0.259. The standard InChI is InChI=1S/C17H16N4O/c1-13-6-5-9-15(10-13)18-17(22)16-12-21(20-19-16)11-14-7-3-2-4-8-14/h2-10,12H,11H2,1H3,(H,18,22). The first kappa shape index (κ1) is 14.0. The Morgan fingerprint density at radius 3 is 2.73 bits per heavy atom. The number of nitrogens with zero attached hydrogens (tertiary/aromatic N) is 3. The molecule has 0 aliphatic carbocycles. The Morgan fingerprint density at radius 1 is 1.14 bits per heavy atom. The van der Waals surface area contributed by atoms with Crippen LogP contribution in [0, 0.1) is 6.92 Å². The lowest BCUT2D eigenvalue weighted by Gasteiger charge is -2.03. The molecule has 3 aromatic rings. The first-order valence-corrected chi connectivity index (χ1v) is 7.03. The third-order valence-electron chi connectivity index (χ3n) is 3.23. The van der Waals surface area contributed by atoms with E-state index in [1.807, 2.05) is 61.5 Å². The molecule has 3 rings (SSSR count). The van der Waals surface area contributed by atoms with Crippen LogP contribution < -0.4 is 5.32 Å². The highest BCUT2D eigenvalue weighted by molar-refractivity contribution is 6.02. The van der Waals surface area contributed by atoms with Gasteiger partial charge >= 0.3 is 0 Å². The van der Waals surface area contributed by atoms with Crippen molar-refractivity contribution in [2.24, 2.45) is 0 Å². The Morgan fingerprint density at radius 2 is 1.95 bits per heavy atom. The van der Waals surface area contributed by atoms with Gasteiger partial charge in [0.1, 0.15) is 0 Å². The summed E-state index contributed by atoms with van der Waals surface area (Å²) in [6.07, 6.45) is 1.65. The van der Waals surface area contributed by atoms with E-state index in [-0.39, 0.29) is 5.91 Å². The molecule has 0 bridgehead atoms. The Hall–Kier alpha value is -2.95. The van der Waals surface area contributed by atoms with Gasteiger partial charge in [-0.15, -0.1) is 5.10 Å². The van der Waals surface area contributed by atoms with E-state index in [0.717, 1.165) is 16.8 Å². The van der Waals surface area contributed by atoms with Crippen LogP contribution in [0.3, 0.4) is 0 Å². The van der Waals surface area contributed by atoms with Gasteiger partial charge in [0.15, 0.2) is 5.69 Å². The zero-order valence-corrected chi connectivity index (χ0v) is 12.2. The number of amides is 1. The molecular weight excluding hydrogens is 276 g/mol. The molecule has 0 saturated heterocycles. The first-order chi connectivity index (χ1) is 10.7. The highest BCUT2D eigenvalue weighted by Gasteiger charge is 2.11. The summed E-state index contributed by atoms with van der Waals surface area (Å²) in [6, 6.07) is 17.6. The van der Waals surface area contributed by atoms with Crippen molar-refractivity contribution in [1.29, 1.82) is 0 Å². The number of carbonyl (C=O) groups excluding carboxylic acids is 1. The minimum atomic E-state index is -0.259. The van der Waals surface area contributed by atoms with E-state index in [2.05, 4.69) is 15.6 Å². The molecule has 110 valence electrons. The van der Waals surface area contributed by atoms with Crippen LogP contribution in [0.5, 0.6) is 0 Å². The van der Waals surface area contributed by atoms with E-state index in [1.54, 1.807) is 10.9 Å². The number of aryl methyl sites for hydroxylation is 1. The number of benzene rings is 2. The van der Waals surface area contributed by atoms with E-state index in [0.29, 0.717) is 12.2 Å². The molecule has 22 heavy (non-hydrogen) atoms. The summed E-state index contributed by atoms with van der Waals surface area (Å²) in [6.45, 7) is 2.57. The molecule has 5 heteroatoms. The molecule has 0 unspecified atom stereocenters. The normalized spacial score (nSPS) is 10.4. The number of rotatable bonds is 4. The number of carbonyl (C=O) groups is 1. The Bertz CT molecular complexity index is 780. The molecule has 0 saturated carbocycles. The van der Waals surface area contributed by atoms with Gasteiger partial charge in [-0.2, -0.15) is 0 Å². The van der Waals surface area contributed by atoms with E-state index >= 15 is 0 Å². The van der Waals surface area contributed by atoms with Crippen LogP contribution in [-0.2, 0) is 6.54 Å². The lowest BCUT2D eigenvalue weighted by atomic mass is 10.2. The van der Waals surface area contributed by atoms with Crippen LogP contribution in [0.15, 0.2) is 60.8 Å². The minimum absolute atomic E-state index is 0.259. The molecular formula is C17H16N4O. The second-order valence-electron chi connectivity index (χ2n) is 5.11. The van der Waals surface area contributed by atoms with Gasteiger partial charge in [-0.05, 0) is 30.2 Å². The molecule has 0 aliphatic heterocycles. The van der Waals surface area contributed by atoms with Crippen molar-refractivity contribution in [3.63, 3.8) is 0 Å². The third-order valence-corrected chi connectivity index (χ3v) is 3.23. The largest absolute Gasteiger partial charge is 0.321 e. The third kappa shape index (κ3) is 3.38. The fraction of sp³-hybridized carbons (Fsp3) is 0.118. The second-order valence-corrected chi connectivity index (χ2v) is 5.11. The summed E-state index contributed by atoms with van der Waals surface area (Å²) in [5, 5.41) is 10.8. The zero-order chi connectivity index (χ0) is 15.4. The van der Waals surface area contributed by atoms with Gasteiger partial charge in [0, 0.05) is 5.69 Å². The lowest BCUT2D eigenvalue weighted by Crippen LogP contribution is -2.12. The van der Waals surface area contributed by atoms with Crippen LogP contribution >= 0.6 is 0 Å². The van der Waals surface area contributed by atoms with Crippen molar-refractivity contribution in [2.75, 3.05) is 5.32 Å². The van der Waals surface area contributed by atoms with Gasteiger partial charge in [-0.25, -0.2) is 4.68 Å². The van der Waals surface area contributed by atoms with Crippen molar-refractivity contribution >= 4 is 11.6 Å². The molecule has 1 amide bonds. The van der Waals surface area contributed by atoms with E-state index < -0.39 is 0 Å². The number of anilines is 1. The molecule has 1 aromatic heterocycles. The number of hydrogen-bond donors (Lipinski definition) is 1. The highest BCUT2D eigenvalue weighted by atomic mass is 16.2. The van der Waals surface area contributed by atoms with Crippen LogP contribution in [0.1, 0.15) is 21.6 Å². The van der Waals surface area contributed by atoms with E-state index in [1.165, 1.54) is 0 Å². The predicted octanol–water partition coefficient (Wildman–Crippen LogP) is 2.89. The van der Waals surface area contributed by atoms with Crippen molar-refractivity contribution in [2.45, 2.75) is 13.5 Å². The Balaban J connectivity index is 1.69. The fourth-order valence-electron chi connectivity index (χ4n) is 2.17. The van der Waals surface area contributed by atoms with Gasteiger partial charge in [-0.1, -0.05) is 47.7 Å². The van der Waals surface area contributed by atoms with Crippen molar-refractivity contribution in [3.8, 4) is 0 Å². The number of nitrogens with one attached hydrogen (secondary N) is 1. The Labute approximate surface area is 128 Å². The van der Waals surface area contributed by atoms with Gasteiger partial charge < -0.3 is 5.32 Å². The maximum atomic E-state index is 12.2. The summed E-state index contributed by atoms with van der Waals surface area (Å²) < 4.78 is 1.65. The summed E-state index contributed by atoms with van der Waals surface area (Å²) >= 11 is 0. The fourth-order valence-corrected chi connectivity index (χ4v) is 2.17. The average molecular weight is 292 g/mol. The van der Waals surface area contributed by atoms with Gasteiger partial charge in [0.2, 0.25) is 0 Å². The molecule has 0 aliphatic rings. The van der Waals surface area contributed by atoms with E-state index in [4.69, 9.17) is 0 Å². The first-order valence-electron chi connectivity index (χ1n) is 7.03. The van der Waals surface area contributed by atoms with Crippen molar-refractivity contribution in [1.82, 2.24) is 15.0 Å². The number of aromatic nitrogens is 3. The van der Waals surface area contributed by atoms with Crippen LogP contribution in [0.25, 0.3) is 0 Å². The molecule has 0 radical (unpaired) electrons. The topological polar surface area (TPSA) is 59.8 Å².